The van der Waals surface area contributed by atoms with Crippen LogP contribution in [0.1, 0.15) is 22.2 Å². The van der Waals surface area contributed by atoms with Gasteiger partial charge in [0, 0.05) is 13.6 Å². The summed E-state index contributed by atoms with van der Waals surface area (Å²) in [5, 5.41) is 11.3. The molecule has 0 aliphatic rings. The number of amides is 1. The fourth-order valence-electron chi connectivity index (χ4n) is 1.53. The van der Waals surface area contributed by atoms with Crippen LogP contribution in [0, 0.1) is 6.92 Å². The van der Waals surface area contributed by atoms with Crippen LogP contribution in [0.15, 0.2) is 10.3 Å². The average molecular weight is 320 g/mol. The maximum atomic E-state index is 12.4. The van der Waals surface area contributed by atoms with Crippen LogP contribution in [0.25, 0.3) is 0 Å². The molecule has 1 amide bonds. The number of rotatable bonds is 6. The first-order chi connectivity index (χ1) is 9.23. The predicted molar refractivity (Wildman–Crippen MR) is 74.5 cm³/mol. The van der Waals surface area contributed by atoms with Crippen molar-refractivity contribution < 1.29 is 23.1 Å². The molecule has 0 saturated heterocycles. The molecule has 1 heterocycles. The summed E-state index contributed by atoms with van der Waals surface area (Å²) in [5.41, 5.74) is 0.386. The lowest BCUT2D eigenvalue weighted by atomic mass is 10.3. The van der Waals surface area contributed by atoms with Gasteiger partial charge in [-0.1, -0.05) is 6.92 Å². The standard InChI is InChI=1S/C11H16N2O5S2/c1-4-13(6-8(14)12-3)20(17,18)9-5-7(2)10(19-9)11(15)16/h5H,4,6H2,1-3H3,(H,12,14)(H,15,16). The predicted octanol–water partition coefficient (Wildman–Crippen LogP) is 0.511. The largest absolute Gasteiger partial charge is 0.477 e. The van der Waals surface area contributed by atoms with E-state index in [9.17, 15) is 18.0 Å². The van der Waals surface area contributed by atoms with Gasteiger partial charge in [0.15, 0.2) is 0 Å². The number of carboxylic acid groups (broad SMARTS) is 1. The van der Waals surface area contributed by atoms with Crippen LogP contribution in [0.5, 0.6) is 0 Å². The fraction of sp³-hybridized carbons (Fsp3) is 0.455. The van der Waals surface area contributed by atoms with E-state index in [1.807, 2.05) is 0 Å². The quantitative estimate of drug-likeness (QED) is 0.795. The van der Waals surface area contributed by atoms with E-state index in [1.165, 1.54) is 20.0 Å². The third kappa shape index (κ3) is 3.35. The molecule has 1 rings (SSSR count). The van der Waals surface area contributed by atoms with Gasteiger partial charge in [-0.3, -0.25) is 4.79 Å². The first-order valence-corrected chi connectivity index (χ1v) is 8.04. The fourth-order valence-corrected chi connectivity index (χ4v) is 4.46. The normalized spacial score (nSPS) is 11.6. The van der Waals surface area contributed by atoms with Crippen molar-refractivity contribution in [1.29, 1.82) is 0 Å². The second kappa shape index (κ2) is 6.33. The molecule has 0 aromatic carbocycles. The van der Waals surface area contributed by atoms with Crippen LogP contribution < -0.4 is 5.32 Å². The zero-order valence-corrected chi connectivity index (χ0v) is 13.0. The Bertz CT molecular complexity index is 621. The molecular formula is C11H16N2O5S2. The minimum Gasteiger partial charge on any atom is -0.477 e. The van der Waals surface area contributed by atoms with Gasteiger partial charge in [0.25, 0.3) is 10.0 Å². The van der Waals surface area contributed by atoms with Gasteiger partial charge in [0.1, 0.15) is 9.09 Å². The summed E-state index contributed by atoms with van der Waals surface area (Å²) >= 11 is 0.692. The molecule has 9 heteroatoms. The van der Waals surface area contributed by atoms with E-state index in [1.54, 1.807) is 6.92 Å². The van der Waals surface area contributed by atoms with Gasteiger partial charge >= 0.3 is 5.97 Å². The zero-order valence-electron chi connectivity index (χ0n) is 11.3. The number of nitrogens with one attached hydrogen (secondary N) is 1. The van der Waals surface area contributed by atoms with Crippen molar-refractivity contribution in [3.8, 4) is 0 Å². The Morgan fingerprint density at radius 3 is 2.45 bits per heavy atom. The summed E-state index contributed by atoms with van der Waals surface area (Å²) in [4.78, 5) is 22.3. The second-order valence-electron chi connectivity index (χ2n) is 3.99. The highest BCUT2D eigenvalue weighted by atomic mass is 32.2. The van der Waals surface area contributed by atoms with E-state index in [-0.39, 0.29) is 22.2 Å². The van der Waals surface area contributed by atoms with E-state index in [4.69, 9.17) is 5.11 Å². The third-order valence-electron chi connectivity index (χ3n) is 2.64. The van der Waals surface area contributed by atoms with Gasteiger partial charge in [-0.2, -0.15) is 4.31 Å². The molecule has 0 unspecified atom stereocenters. The number of carboxylic acids is 1. The van der Waals surface area contributed by atoms with Crippen molar-refractivity contribution in [3.05, 3.63) is 16.5 Å². The molecule has 1 aromatic heterocycles. The molecule has 1 aromatic rings. The van der Waals surface area contributed by atoms with E-state index < -0.39 is 21.9 Å². The number of hydrogen-bond acceptors (Lipinski definition) is 5. The molecule has 0 aliphatic carbocycles. The number of carbonyl (C=O) groups excluding carboxylic acids is 1. The highest BCUT2D eigenvalue weighted by molar-refractivity contribution is 7.91. The molecule has 112 valence electrons. The summed E-state index contributed by atoms with van der Waals surface area (Å²) in [7, 11) is -2.45. The third-order valence-corrected chi connectivity index (χ3v) is 6.23. The van der Waals surface area contributed by atoms with Crippen molar-refractivity contribution >= 4 is 33.2 Å². The first-order valence-electron chi connectivity index (χ1n) is 5.78. The number of aromatic carboxylic acids is 1. The van der Waals surface area contributed by atoms with Crippen LogP contribution in [0.2, 0.25) is 0 Å². The average Bonchev–Trinajstić information content (AvgIpc) is 2.78. The molecule has 7 nitrogen and oxygen atoms in total. The Morgan fingerprint density at radius 2 is 2.05 bits per heavy atom. The summed E-state index contributed by atoms with van der Waals surface area (Å²) < 4.78 is 25.7. The highest BCUT2D eigenvalue weighted by Crippen LogP contribution is 2.28. The minimum absolute atomic E-state index is 0.0143. The van der Waals surface area contributed by atoms with Gasteiger partial charge < -0.3 is 10.4 Å². The lowest BCUT2D eigenvalue weighted by molar-refractivity contribution is -0.120. The summed E-state index contributed by atoms with van der Waals surface area (Å²) in [6, 6.07) is 1.32. The van der Waals surface area contributed by atoms with Crippen LogP contribution in [-0.4, -0.2) is 49.8 Å². The second-order valence-corrected chi connectivity index (χ2v) is 7.20. The maximum Gasteiger partial charge on any atom is 0.346 e. The Labute approximate surface area is 121 Å². The number of likely N-dealkylation sites (N-methyl/N-ethyl adjacent to an activating group) is 2. The Morgan fingerprint density at radius 1 is 1.45 bits per heavy atom. The highest BCUT2D eigenvalue weighted by Gasteiger charge is 2.28. The molecule has 0 radical (unpaired) electrons. The number of sulfonamides is 1. The lowest BCUT2D eigenvalue weighted by Crippen LogP contribution is -2.39. The topological polar surface area (TPSA) is 104 Å². The number of thiophene rings is 1. The molecular weight excluding hydrogens is 304 g/mol. The zero-order chi connectivity index (χ0) is 15.5. The first kappa shape index (κ1) is 16.6. The van der Waals surface area contributed by atoms with E-state index in [2.05, 4.69) is 5.32 Å². The van der Waals surface area contributed by atoms with E-state index >= 15 is 0 Å². The van der Waals surface area contributed by atoms with Crippen LogP contribution in [0.3, 0.4) is 0 Å². The number of nitrogens with zero attached hydrogens (tertiary/aromatic N) is 1. The van der Waals surface area contributed by atoms with Crippen LogP contribution >= 0.6 is 11.3 Å². The minimum atomic E-state index is -3.86. The van der Waals surface area contributed by atoms with Crippen molar-refractivity contribution in [1.82, 2.24) is 9.62 Å². The summed E-state index contributed by atoms with van der Waals surface area (Å²) in [6.45, 7) is 2.97. The molecule has 0 atom stereocenters. The number of carbonyl (C=O) groups is 2. The van der Waals surface area contributed by atoms with E-state index in [0.717, 1.165) is 4.31 Å². The molecule has 0 spiro atoms. The van der Waals surface area contributed by atoms with E-state index in [0.29, 0.717) is 16.9 Å². The monoisotopic (exact) mass is 320 g/mol. The smallest absolute Gasteiger partial charge is 0.346 e. The van der Waals surface area contributed by atoms with Gasteiger partial charge in [-0.05, 0) is 18.6 Å². The molecule has 0 aliphatic heterocycles. The molecule has 0 saturated carbocycles. The van der Waals surface area contributed by atoms with Gasteiger partial charge in [-0.15, -0.1) is 11.3 Å². The number of hydrogen-bond donors (Lipinski definition) is 2. The SMILES string of the molecule is CCN(CC(=O)NC)S(=O)(=O)c1cc(C)c(C(=O)O)s1. The van der Waals surface area contributed by atoms with Crippen molar-refractivity contribution in [3.63, 3.8) is 0 Å². The van der Waals surface area contributed by atoms with Gasteiger partial charge in [0.05, 0.1) is 6.54 Å². The van der Waals surface area contributed by atoms with Crippen molar-refractivity contribution in [2.24, 2.45) is 0 Å². The Balaban J connectivity index is 3.17. The van der Waals surface area contributed by atoms with Crippen LogP contribution in [-0.2, 0) is 14.8 Å². The van der Waals surface area contributed by atoms with Gasteiger partial charge in [-0.25, -0.2) is 13.2 Å². The lowest BCUT2D eigenvalue weighted by Gasteiger charge is -2.18. The molecule has 20 heavy (non-hydrogen) atoms. The van der Waals surface area contributed by atoms with Gasteiger partial charge in [0.2, 0.25) is 5.91 Å². The molecule has 0 fully saturated rings. The Hall–Kier alpha value is -1.45. The Kier molecular flexibility index (Phi) is 5.26. The molecule has 2 N–H and O–H groups in total. The van der Waals surface area contributed by atoms with Crippen LogP contribution in [0.4, 0.5) is 0 Å². The number of aryl methyl sites for hydroxylation is 1. The van der Waals surface area contributed by atoms with Crippen molar-refractivity contribution in [2.45, 2.75) is 18.1 Å². The van der Waals surface area contributed by atoms with Crippen molar-refractivity contribution in [2.75, 3.05) is 20.1 Å². The summed E-state index contributed by atoms with van der Waals surface area (Å²) in [5.74, 6) is -1.59. The summed E-state index contributed by atoms with van der Waals surface area (Å²) in [6.07, 6.45) is 0. The maximum absolute atomic E-state index is 12.4. The molecule has 0 bridgehead atoms.